The first-order chi connectivity index (χ1) is 11.4. The molecule has 0 aliphatic heterocycles. The molecule has 1 fully saturated rings. The molecule has 1 aliphatic rings. The molecule has 1 aromatic heterocycles. The third kappa shape index (κ3) is 3.35. The van der Waals surface area contributed by atoms with Gasteiger partial charge in [0.1, 0.15) is 0 Å². The number of hydrogen-bond donors (Lipinski definition) is 1. The van der Waals surface area contributed by atoms with Crippen LogP contribution in [0.2, 0.25) is 0 Å². The zero-order chi connectivity index (χ0) is 17.3. The van der Waals surface area contributed by atoms with Gasteiger partial charge in [0.15, 0.2) is 5.78 Å². The maximum atomic E-state index is 12.3. The molecule has 1 amide bonds. The molecule has 1 aliphatic carbocycles. The summed E-state index contributed by atoms with van der Waals surface area (Å²) in [6.07, 6.45) is 3.94. The van der Waals surface area contributed by atoms with Crippen molar-refractivity contribution in [1.29, 1.82) is 0 Å². The molecule has 1 saturated carbocycles. The largest absolute Gasteiger partial charge is 0.295 e. The van der Waals surface area contributed by atoms with Crippen molar-refractivity contribution in [2.45, 2.75) is 24.2 Å². The van der Waals surface area contributed by atoms with Crippen LogP contribution in [-0.4, -0.2) is 25.1 Å². The molecule has 0 bridgehead atoms. The molecule has 0 unspecified atom stereocenters. The lowest BCUT2D eigenvalue weighted by Gasteiger charge is -2.07. The zero-order valence-corrected chi connectivity index (χ0v) is 13.8. The fourth-order valence-electron chi connectivity index (χ4n) is 2.58. The summed E-state index contributed by atoms with van der Waals surface area (Å²) in [5.74, 6) is -1.02. The van der Waals surface area contributed by atoms with Crippen LogP contribution < -0.4 is 4.72 Å². The summed E-state index contributed by atoms with van der Waals surface area (Å²) in [5, 5.41) is 0. The van der Waals surface area contributed by atoms with Crippen molar-refractivity contribution in [3.63, 3.8) is 0 Å². The van der Waals surface area contributed by atoms with E-state index in [-0.39, 0.29) is 22.5 Å². The normalized spacial score (nSPS) is 19.5. The van der Waals surface area contributed by atoms with E-state index in [1.54, 1.807) is 18.5 Å². The number of hydrogen-bond acceptors (Lipinski definition) is 5. The summed E-state index contributed by atoms with van der Waals surface area (Å²) in [5.41, 5.74) is 1.35. The summed E-state index contributed by atoms with van der Waals surface area (Å²) >= 11 is 0. The van der Waals surface area contributed by atoms with Gasteiger partial charge in [-0.2, -0.15) is 0 Å². The first-order valence-corrected chi connectivity index (χ1v) is 8.94. The Morgan fingerprint density at radius 1 is 1.17 bits per heavy atom. The van der Waals surface area contributed by atoms with Crippen LogP contribution in [0.5, 0.6) is 0 Å². The van der Waals surface area contributed by atoms with E-state index in [1.165, 1.54) is 31.2 Å². The van der Waals surface area contributed by atoms with Gasteiger partial charge in [0.25, 0.3) is 10.0 Å². The van der Waals surface area contributed by atoms with Crippen molar-refractivity contribution in [2.75, 3.05) is 0 Å². The zero-order valence-electron chi connectivity index (χ0n) is 13.0. The number of pyridine rings is 1. The van der Waals surface area contributed by atoms with Gasteiger partial charge in [-0.05, 0) is 43.0 Å². The van der Waals surface area contributed by atoms with Crippen molar-refractivity contribution in [1.82, 2.24) is 9.71 Å². The van der Waals surface area contributed by atoms with Gasteiger partial charge >= 0.3 is 0 Å². The number of benzene rings is 1. The minimum atomic E-state index is -3.94. The molecule has 2 aromatic rings. The van der Waals surface area contributed by atoms with Crippen LogP contribution in [0.25, 0.3) is 0 Å². The Kier molecular flexibility index (Phi) is 4.19. The summed E-state index contributed by atoms with van der Waals surface area (Å²) < 4.78 is 26.7. The highest BCUT2D eigenvalue weighted by atomic mass is 32.2. The molecule has 0 radical (unpaired) electrons. The third-order valence-electron chi connectivity index (χ3n) is 4.05. The van der Waals surface area contributed by atoms with Gasteiger partial charge in [0.05, 0.1) is 4.90 Å². The number of ketones is 1. The predicted octanol–water partition coefficient (Wildman–Crippen LogP) is 1.89. The van der Waals surface area contributed by atoms with Crippen LogP contribution in [0.3, 0.4) is 0 Å². The highest BCUT2D eigenvalue weighted by Crippen LogP contribution is 2.47. The van der Waals surface area contributed by atoms with Gasteiger partial charge in [-0.3, -0.25) is 14.6 Å². The molecular weight excluding hydrogens is 328 g/mol. The summed E-state index contributed by atoms with van der Waals surface area (Å²) in [4.78, 5) is 27.4. The van der Waals surface area contributed by atoms with Crippen LogP contribution in [0.1, 0.15) is 35.2 Å². The van der Waals surface area contributed by atoms with E-state index in [0.717, 1.165) is 5.56 Å². The molecule has 1 N–H and O–H groups in total. The maximum absolute atomic E-state index is 12.3. The minimum absolute atomic E-state index is 0.00832. The lowest BCUT2D eigenvalue weighted by atomic mass is 10.1. The second kappa shape index (κ2) is 6.16. The van der Waals surface area contributed by atoms with Crippen LogP contribution in [0.4, 0.5) is 0 Å². The number of Topliss-reactive ketones (excluding diaryl/α,β-unsaturated/α-hetero) is 1. The lowest BCUT2D eigenvalue weighted by molar-refractivity contribution is -0.120. The average molecular weight is 344 g/mol. The van der Waals surface area contributed by atoms with Crippen molar-refractivity contribution < 1.29 is 18.0 Å². The molecule has 7 heteroatoms. The number of carbonyl (C=O) groups excluding carboxylic acids is 2. The van der Waals surface area contributed by atoms with Gasteiger partial charge in [-0.25, -0.2) is 13.1 Å². The van der Waals surface area contributed by atoms with E-state index in [9.17, 15) is 18.0 Å². The maximum Gasteiger partial charge on any atom is 0.264 e. The fraction of sp³-hybridized carbons (Fsp3) is 0.235. The SMILES string of the molecule is CC(=O)c1ccc(S(=O)(=O)NC(=O)[C@H]2C[C@H]2c2cccnc2)cc1. The van der Waals surface area contributed by atoms with Gasteiger partial charge in [-0.1, -0.05) is 18.2 Å². The number of aromatic nitrogens is 1. The summed E-state index contributed by atoms with van der Waals surface area (Å²) in [6, 6.07) is 9.15. The Labute approximate surface area is 140 Å². The second-order valence-corrected chi connectivity index (χ2v) is 7.47. The Morgan fingerprint density at radius 3 is 2.46 bits per heavy atom. The van der Waals surface area contributed by atoms with E-state index in [2.05, 4.69) is 9.71 Å². The quantitative estimate of drug-likeness (QED) is 0.836. The Bertz CT molecular complexity index is 877. The van der Waals surface area contributed by atoms with Crippen molar-refractivity contribution in [2.24, 2.45) is 5.92 Å². The van der Waals surface area contributed by atoms with Crippen molar-refractivity contribution in [3.8, 4) is 0 Å². The highest BCUT2D eigenvalue weighted by Gasteiger charge is 2.45. The Hall–Kier alpha value is -2.54. The van der Waals surface area contributed by atoms with Crippen molar-refractivity contribution in [3.05, 3.63) is 59.9 Å². The van der Waals surface area contributed by atoms with Crippen LogP contribution >= 0.6 is 0 Å². The minimum Gasteiger partial charge on any atom is -0.295 e. The molecule has 1 heterocycles. The van der Waals surface area contributed by atoms with Gasteiger partial charge < -0.3 is 0 Å². The monoisotopic (exact) mass is 344 g/mol. The molecule has 0 saturated heterocycles. The van der Waals surface area contributed by atoms with Gasteiger partial charge in [0, 0.05) is 23.9 Å². The second-order valence-electron chi connectivity index (χ2n) is 5.79. The molecule has 1 aromatic carbocycles. The van der Waals surface area contributed by atoms with Gasteiger partial charge in [0.2, 0.25) is 5.91 Å². The molecular formula is C17H16N2O4S. The number of rotatable bonds is 5. The van der Waals surface area contributed by atoms with Gasteiger partial charge in [-0.15, -0.1) is 0 Å². The molecule has 2 atom stereocenters. The Morgan fingerprint density at radius 2 is 1.88 bits per heavy atom. The lowest BCUT2D eigenvalue weighted by Crippen LogP contribution is -2.32. The van der Waals surface area contributed by atoms with Crippen molar-refractivity contribution >= 4 is 21.7 Å². The van der Waals surface area contributed by atoms with E-state index in [1.807, 2.05) is 6.07 Å². The third-order valence-corrected chi connectivity index (χ3v) is 5.41. The fourth-order valence-corrected chi connectivity index (χ4v) is 3.61. The van der Waals surface area contributed by atoms with E-state index >= 15 is 0 Å². The number of carbonyl (C=O) groups is 2. The van der Waals surface area contributed by atoms with Crippen LogP contribution in [0, 0.1) is 5.92 Å². The standard InChI is InChI=1S/C17H16N2O4S/c1-11(20)12-4-6-14(7-5-12)24(22,23)19-17(21)16-9-15(16)13-3-2-8-18-10-13/h2-8,10,15-16H,9H2,1H3,(H,19,21)/t15-,16-/m0/s1. The first-order valence-electron chi connectivity index (χ1n) is 7.46. The number of nitrogens with one attached hydrogen (secondary N) is 1. The molecule has 24 heavy (non-hydrogen) atoms. The Balaban J connectivity index is 1.69. The molecule has 0 spiro atoms. The van der Waals surface area contributed by atoms with E-state index in [4.69, 9.17) is 0 Å². The number of nitrogens with zero attached hydrogens (tertiary/aromatic N) is 1. The molecule has 124 valence electrons. The highest BCUT2D eigenvalue weighted by molar-refractivity contribution is 7.90. The predicted molar refractivity (Wildman–Crippen MR) is 86.9 cm³/mol. The van der Waals surface area contributed by atoms with Crippen LogP contribution in [0.15, 0.2) is 53.7 Å². The molecule has 3 rings (SSSR count). The molecule has 6 nitrogen and oxygen atoms in total. The average Bonchev–Trinajstić information content (AvgIpc) is 3.36. The first kappa shape index (κ1) is 16.3. The van der Waals surface area contributed by atoms with E-state index in [0.29, 0.717) is 12.0 Å². The number of amides is 1. The van der Waals surface area contributed by atoms with Crippen LogP contribution in [-0.2, 0) is 14.8 Å². The number of sulfonamides is 1. The topological polar surface area (TPSA) is 93.2 Å². The smallest absolute Gasteiger partial charge is 0.264 e. The van der Waals surface area contributed by atoms with E-state index < -0.39 is 15.9 Å². The summed E-state index contributed by atoms with van der Waals surface area (Å²) in [7, 11) is -3.94. The summed E-state index contributed by atoms with van der Waals surface area (Å²) in [6.45, 7) is 1.40.